The van der Waals surface area contributed by atoms with Crippen LogP contribution < -0.4 is 5.32 Å². The number of hydrogen-bond acceptors (Lipinski definition) is 5. The lowest BCUT2D eigenvalue weighted by molar-refractivity contribution is -0.143. The number of carboxylic acid groups (broad SMARTS) is 1. The van der Waals surface area contributed by atoms with Crippen molar-refractivity contribution >= 4 is 23.2 Å². The summed E-state index contributed by atoms with van der Waals surface area (Å²) in [6.07, 6.45) is 5.77. The van der Waals surface area contributed by atoms with E-state index in [2.05, 4.69) is 10.3 Å². The summed E-state index contributed by atoms with van der Waals surface area (Å²) < 4.78 is 5.40. The van der Waals surface area contributed by atoms with Crippen LogP contribution in [-0.4, -0.2) is 28.0 Å². The zero-order chi connectivity index (χ0) is 16.9. The Hall–Kier alpha value is -2.15. The van der Waals surface area contributed by atoms with Crippen LogP contribution in [0.3, 0.4) is 0 Å². The summed E-state index contributed by atoms with van der Waals surface area (Å²) in [5, 5.41) is 14.2. The summed E-state index contributed by atoms with van der Waals surface area (Å²) in [5.41, 5.74) is 0.552. The molecule has 0 bridgehead atoms. The van der Waals surface area contributed by atoms with E-state index >= 15 is 0 Å². The molecular formula is C17H20N2O4S. The second-order valence-electron chi connectivity index (χ2n) is 6.05. The number of oxazole rings is 1. The molecule has 3 rings (SSSR count). The fraction of sp³-hybridized carbons (Fsp3) is 0.471. The van der Waals surface area contributed by atoms with Gasteiger partial charge in [-0.25, -0.2) is 4.98 Å². The van der Waals surface area contributed by atoms with Crippen molar-refractivity contribution in [3.8, 4) is 10.8 Å². The molecule has 2 heterocycles. The number of aliphatic carboxylic acids is 1. The van der Waals surface area contributed by atoms with Gasteiger partial charge in [0.1, 0.15) is 6.26 Å². The predicted molar refractivity (Wildman–Crippen MR) is 89.7 cm³/mol. The van der Waals surface area contributed by atoms with Gasteiger partial charge in [0, 0.05) is 6.04 Å². The molecular weight excluding hydrogens is 328 g/mol. The zero-order valence-corrected chi connectivity index (χ0v) is 14.1. The van der Waals surface area contributed by atoms with Crippen molar-refractivity contribution in [2.75, 3.05) is 0 Å². The van der Waals surface area contributed by atoms with Crippen LogP contribution in [0.25, 0.3) is 10.8 Å². The number of amides is 1. The monoisotopic (exact) mass is 348 g/mol. The van der Waals surface area contributed by atoms with Crippen molar-refractivity contribution < 1.29 is 19.1 Å². The lowest BCUT2D eigenvalue weighted by atomic mass is 9.95. The lowest BCUT2D eigenvalue weighted by Gasteiger charge is -2.22. The van der Waals surface area contributed by atoms with Crippen molar-refractivity contribution in [3.05, 3.63) is 29.5 Å². The topological polar surface area (TPSA) is 92.4 Å². The number of rotatable bonds is 5. The minimum absolute atomic E-state index is 0.0950. The number of carbonyl (C=O) groups excluding carboxylic acids is 1. The van der Waals surface area contributed by atoms with Crippen molar-refractivity contribution in [2.24, 2.45) is 5.92 Å². The Morgan fingerprint density at radius 3 is 2.92 bits per heavy atom. The van der Waals surface area contributed by atoms with E-state index in [1.807, 2.05) is 17.5 Å². The quantitative estimate of drug-likeness (QED) is 0.810. The summed E-state index contributed by atoms with van der Waals surface area (Å²) in [6, 6.07) is 3.51. The number of hydrogen-bond donors (Lipinski definition) is 2. The van der Waals surface area contributed by atoms with Crippen molar-refractivity contribution in [1.29, 1.82) is 0 Å². The third kappa shape index (κ3) is 4.03. The zero-order valence-electron chi connectivity index (χ0n) is 13.2. The fourth-order valence-electron chi connectivity index (χ4n) is 3.10. The first-order valence-corrected chi connectivity index (χ1v) is 9.02. The maximum absolute atomic E-state index is 12.3. The molecule has 0 radical (unpaired) electrons. The molecule has 1 aliphatic carbocycles. The van der Waals surface area contributed by atoms with Crippen LogP contribution in [0.5, 0.6) is 0 Å². The highest BCUT2D eigenvalue weighted by Crippen LogP contribution is 2.25. The van der Waals surface area contributed by atoms with Gasteiger partial charge >= 0.3 is 5.97 Å². The molecule has 0 spiro atoms. The molecule has 0 aromatic carbocycles. The van der Waals surface area contributed by atoms with Crippen molar-refractivity contribution in [2.45, 2.75) is 44.6 Å². The van der Waals surface area contributed by atoms with E-state index in [1.165, 1.54) is 17.6 Å². The van der Waals surface area contributed by atoms with E-state index in [1.54, 1.807) is 0 Å². The van der Waals surface area contributed by atoms with Gasteiger partial charge in [0.15, 0.2) is 0 Å². The fourth-order valence-corrected chi connectivity index (χ4v) is 3.76. The maximum atomic E-state index is 12.3. The molecule has 0 saturated heterocycles. The van der Waals surface area contributed by atoms with E-state index in [-0.39, 0.29) is 18.4 Å². The molecule has 0 unspecified atom stereocenters. The smallest absolute Gasteiger partial charge is 0.308 e. The molecule has 1 fully saturated rings. The van der Waals surface area contributed by atoms with Crippen LogP contribution in [-0.2, 0) is 16.0 Å². The molecule has 0 aliphatic heterocycles. The second-order valence-corrected chi connectivity index (χ2v) is 7.00. The van der Waals surface area contributed by atoms with Crippen molar-refractivity contribution in [1.82, 2.24) is 10.3 Å². The predicted octanol–water partition coefficient (Wildman–Crippen LogP) is 3.10. The highest BCUT2D eigenvalue weighted by atomic mass is 32.1. The van der Waals surface area contributed by atoms with E-state index in [9.17, 15) is 14.7 Å². The molecule has 2 aromatic rings. The van der Waals surface area contributed by atoms with Crippen LogP contribution in [0.15, 0.2) is 28.2 Å². The van der Waals surface area contributed by atoms with E-state index in [0.29, 0.717) is 24.4 Å². The Balaban J connectivity index is 1.61. The van der Waals surface area contributed by atoms with Gasteiger partial charge in [-0.1, -0.05) is 25.3 Å². The highest BCUT2D eigenvalue weighted by molar-refractivity contribution is 7.13. The van der Waals surface area contributed by atoms with Gasteiger partial charge in [-0.15, -0.1) is 11.3 Å². The van der Waals surface area contributed by atoms with Gasteiger partial charge < -0.3 is 14.8 Å². The largest absolute Gasteiger partial charge is 0.481 e. The number of nitrogens with one attached hydrogen (secondary N) is 1. The summed E-state index contributed by atoms with van der Waals surface area (Å²) in [4.78, 5) is 28.9. The molecule has 1 aliphatic rings. The Kier molecular flexibility index (Phi) is 5.30. The summed E-state index contributed by atoms with van der Waals surface area (Å²) in [6.45, 7) is 0. The van der Waals surface area contributed by atoms with Crippen LogP contribution in [0.1, 0.15) is 37.8 Å². The van der Waals surface area contributed by atoms with Gasteiger partial charge in [0.05, 0.1) is 22.9 Å². The average Bonchev–Trinajstić information content (AvgIpc) is 3.16. The number of thiophene rings is 1. The number of nitrogens with zero attached hydrogens (tertiary/aromatic N) is 1. The average molecular weight is 348 g/mol. The first-order valence-electron chi connectivity index (χ1n) is 8.14. The number of carbonyl (C=O) groups is 2. The molecule has 2 aromatic heterocycles. The number of carboxylic acids is 1. The van der Waals surface area contributed by atoms with E-state index in [0.717, 1.165) is 24.1 Å². The molecule has 24 heavy (non-hydrogen) atoms. The molecule has 1 amide bonds. The van der Waals surface area contributed by atoms with Gasteiger partial charge in [-0.2, -0.15) is 0 Å². The van der Waals surface area contributed by atoms with Gasteiger partial charge in [-0.05, 0) is 24.3 Å². The van der Waals surface area contributed by atoms with Crippen molar-refractivity contribution in [3.63, 3.8) is 0 Å². The normalized spacial score (nSPS) is 21.2. The molecule has 128 valence electrons. The van der Waals surface area contributed by atoms with Crippen LogP contribution in [0.2, 0.25) is 0 Å². The molecule has 7 heteroatoms. The van der Waals surface area contributed by atoms with Crippen LogP contribution in [0, 0.1) is 5.92 Å². The summed E-state index contributed by atoms with van der Waals surface area (Å²) >= 11 is 1.52. The maximum Gasteiger partial charge on any atom is 0.308 e. The van der Waals surface area contributed by atoms with Gasteiger partial charge in [0.2, 0.25) is 11.8 Å². The van der Waals surface area contributed by atoms with Gasteiger partial charge in [0.25, 0.3) is 0 Å². The molecule has 1 saturated carbocycles. The Bertz CT molecular complexity index is 695. The second kappa shape index (κ2) is 7.61. The Morgan fingerprint density at radius 2 is 2.17 bits per heavy atom. The minimum atomic E-state index is -0.830. The van der Waals surface area contributed by atoms with E-state index in [4.69, 9.17) is 4.42 Å². The van der Waals surface area contributed by atoms with Crippen LogP contribution >= 0.6 is 11.3 Å². The highest BCUT2D eigenvalue weighted by Gasteiger charge is 2.30. The standard InChI is InChI=1S/C17H20N2O4S/c20-15(19-13-6-3-1-2-5-12(13)17(21)22)9-11-10-23-16(18-11)14-7-4-8-24-14/h4,7-8,10,12-13H,1-3,5-6,9H2,(H,19,20)(H,21,22)/t12-,13+/m1/s1. The van der Waals surface area contributed by atoms with Crippen LogP contribution in [0.4, 0.5) is 0 Å². The molecule has 6 nitrogen and oxygen atoms in total. The summed E-state index contributed by atoms with van der Waals surface area (Å²) in [5.74, 6) is -1.04. The Morgan fingerprint density at radius 1 is 1.33 bits per heavy atom. The molecule has 2 N–H and O–H groups in total. The molecule has 2 atom stereocenters. The SMILES string of the molecule is O=C(Cc1coc(-c2cccs2)n1)N[C@H]1CCCCC[C@H]1C(=O)O. The Labute approximate surface area is 143 Å². The first-order chi connectivity index (χ1) is 11.6. The summed E-state index contributed by atoms with van der Waals surface area (Å²) in [7, 11) is 0. The third-order valence-electron chi connectivity index (χ3n) is 4.30. The lowest BCUT2D eigenvalue weighted by Crippen LogP contribution is -2.43. The van der Waals surface area contributed by atoms with E-state index < -0.39 is 11.9 Å². The third-order valence-corrected chi connectivity index (χ3v) is 5.16. The van der Waals surface area contributed by atoms with Gasteiger partial charge in [-0.3, -0.25) is 9.59 Å². The first kappa shape index (κ1) is 16.7. The number of aromatic nitrogens is 1. The minimum Gasteiger partial charge on any atom is -0.481 e.